The Labute approximate surface area is 130 Å². The molecular formula is C17H20ClNO2. The Morgan fingerprint density at radius 1 is 1.19 bits per heavy atom. The second-order valence-electron chi connectivity index (χ2n) is 5.08. The zero-order chi connectivity index (χ0) is 15.2. The topological polar surface area (TPSA) is 55.5 Å². The van der Waals surface area contributed by atoms with Gasteiger partial charge in [0.15, 0.2) is 0 Å². The van der Waals surface area contributed by atoms with Gasteiger partial charge in [0.25, 0.3) is 0 Å². The first kappa shape index (κ1) is 15.7. The Kier molecular flexibility index (Phi) is 5.48. The average Bonchev–Trinajstić information content (AvgIpc) is 2.48. The summed E-state index contributed by atoms with van der Waals surface area (Å²) in [6, 6.07) is 12.7. The minimum Gasteiger partial charge on any atom is -0.508 e. The van der Waals surface area contributed by atoms with Gasteiger partial charge in [-0.1, -0.05) is 30.7 Å². The normalized spacial score (nSPS) is 12.1. The largest absolute Gasteiger partial charge is 0.508 e. The average molecular weight is 306 g/mol. The predicted octanol–water partition coefficient (Wildman–Crippen LogP) is 3.90. The smallest absolute Gasteiger partial charge is 0.123 e. The van der Waals surface area contributed by atoms with Crippen LogP contribution in [0.25, 0.3) is 0 Å². The van der Waals surface area contributed by atoms with Crippen LogP contribution < -0.4 is 10.5 Å². The first-order valence-electron chi connectivity index (χ1n) is 7.03. The van der Waals surface area contributed by atoms with E-state index in [0.717, 1.165) is 29.7 Å². The first-order valence-corrected chi connectivity index (χ1v) is 7.41. The Hall–Kier alpha value is -1.71. The molecule has 0 aliphatic rings. The summed E-state index contributed by atoms with van der Waals surface area (Å²) >= 11 is 6.05. The molecule has 0 fully saturated rings. The van der Waals surface area contributed by atoms with Crippen molar-refractivity contribution in [3.05, 3.63) is 58.6 Å². The Balaban J connectivity index is 2.09. The lowest BCUT2D eigenvalue weighted by atomic mass is 10.0. The van der Waals surface area contributed by atoms with Gasteiger partial charge in [-0.3, -0.25) is 0 Å². The van der Waals surface area contributed by atoms with Crippen LogP contribution in [0, 0.1) is 0 Å². The third-order valence-corrected chi connectivity index (χ3v) is 3.59. The zero-order valence-electron chi connectivity index (χ0n) is 12.1. The number of hydrogen-bond donors (Lipinski definition) is 2. The van der Waals surface area contributed by atoms with E-state index in [-0.39, 0.29) is 11.8 Å². The number of phenolic OH excluding ortho intramolecular Hbond substituents is 1. The van der Waals surface area contributed by atoms with Crippen molar-refractivity contribution in [3.8, 4) is 11.5 Å². The molecule has 0 aliphatic carbocycles. The van der Waals surface area contributed by atoms with Crippen molar-refractivity contribution >= 4 is 11.6 Å². The van der Waals surface area contributed by atoms with Gasteiger partial charge in [-0.15, -0.1) is 0 Å². The van der Waals surface area contributed by atoms with Crippen LogP contribution in [0.3, 0.4) is 0 Å². The number of nitrogens with two attached hydrogens (primary N) is 1. The van der Waals surface area contributed by atoms with Gasteiger partial charge >= 0.3 is 0 Å². The summed E-state index contributed by atoms with van der Waals surface area (Å²) in [5.74, 6) is 1.05. The molecule has 0 aliphatic heterocycles. The van der Waals surface area contributed by atoms with Crippen LogP contribution in [0.15, 0.2) is 42.5 Å². The molecule has 3 nitrogen and oxygen atoms in total. The highest BCUT2D eigenvalue weighted by molar-refractivity contribution is 6.30. The second kappa shape index (κ2) is 7.34. The highest BCUT2D eigenvalue weighted by Crippen LogP contribution is 2.25. The van der Waals surface area contributed by atoms with Gasteiger partial charge in [-0.05, 0) is 54.3 Å². The van der Waals surface area contributed by atoms with Crippen molar-refractivity contribution in [2.24, 2.45) is 5.73 Å². The van der Waals surface area contributed by atoms with Gasteiger partial charge in [-0.25, -0.2) is 0 Å². The summed E-state index contributed by atoms with van der Waals surface area (Å²) in [5, 5.41) is 9.96. The maximum atomic E-state index is 9.27. The number of benzene rings is 2. The maximum absolute atomic E-state index is 9.27. The third kappa shape index (κ3) is 4.66. The number of hydrogen-bond acceptors (Lipinski definition) is 3. The minimum absolute atomic E-state index is 0.0967. The summed E-state index contributed by atoms with van der Waals surface area (Å²) in [6.45, 7) is 2.50. The van der Waals surface area contributed by atoms with E-state index >= 15 is 0 Å². The first-order chi connectivity index (χ1) is 10.1. The van der Waals surface area contributed by atoms with Crippen molar-refractivity contribution in [1.82, 2.24) is 0 Å². The summed E-state index contributed by atoms with van der Waals surface area (Å²) in [5.41, 5.74) is 8.04. The quantitative estimate of drug-likeness (QED) is 0.851. The fourth-order valence-corrected chi connectivity index (χ4v) is 2.22. The predicted molar refractivity (Wildman–Crippen MR) is 85.9 cm³/mol. The molecule has 21 heavy (non-hydrogen) atoms. The standard InChI is InChI=1S/C17H20ClNO2/c1-2-15(19)10-13-9-14(18)5-8-17(13)21-11-12-3-6-16(20)7-4-12/h3-9,15,20H,2,10-11,19H2,1H3. The van der Waals surface area contributed by atoms with Gasteiger partial charge < -0.3 is 15.6 Å². The Morgan fingerprint density at radius 2 is 1.90 bits per heavy atom. The van der Waals surface area contributed by atoms with Crippen molar-refractivity contribution in [1.29, 1.82) is 0 Å². The van der Waals surface area contributed by atoms with Crippen molar-refractivity contribution in [2.45, 2.75) is 32.4 Å². The molecule has 2 aromatic carbocycles. The summed E-state index contributed by atoms with van der Waals surface area (Å²) in [4.78, 5) is 0. The molecular weight excluding hydrogens is 286 g/mol. The number of aromatic hydroxyl groups is 1. The van der Waals surface area contributed by atoms with Crippen LogP contribution in [0.1, 0.15) is 24.5 Å². The van der Waals surface area contributed by atoms with E-state index < -0.39 is 0 Å². The molecule has 1 unspecified atom stereocenters. The number of ether oxygens (including phenoxy) is 1. The fourth-order valence-electron chi connectivity index (χ4n) is 2.03. The van der Waals surface area contributed by atoms with Crippen LogP contribution in [0.4, 0.5) is 0 Å². The summed E-state index contributed by atoms with van der Waals surface area (Å²) in [7, 11) is 0. The molecule has 2 aromatic rings. The molecule has 1 atom stereocenters. The molecule has 0 heterocycles. The lowest BCUT2D eigenvalue weighted by molar-refractivity contribution is 0.302. The van der Waals surface area contributed by atoms with Crippen molar-refractivity contribution < 1.29 is 9.84 Å². The van der Waals surface area contributed by atoms with Gasteiger partial charge in [-0.2, -0.15) is 0 Å². The van der Waals surface area contributed by atoms with E-state index in [1.807, 2.05) is 30.3 Å². The molecule has 0 bridgehead atoms. The lowest BCUT2D eigenvalue weighted by Gasteiger charge is -2.15. The minimum atomic E-state index is 0.0967. The molecule has 0 aromatic heterocycles. The van der Waals surface area contributed by atoms with Crippen LogP contribution in [0.2, 0.25) is 5.02 Å². The van der Waals surface area contributed by atoms with Crippen LogP contribution in [-0.2, 0) is 13.0 Å². The number of halogens is 1. The lowest BCUT2D eigenvalue weighted by Crippen LogP contribution is -2.21. The molecule has 3 N–H and O–H groups in total. The second-order valence-corrected chi connectivity index (χ2v) is 5.52. The molecule has 0 saturated carbocycles. The van der Waals surface area contributed by atoms with Gasteiger partial charge in [0.1, 0.15) is 18.1 Å². The van der Waals surface area contributed by atoms with Crippen LogP contribution in [-0.4, -0.2) is 11.1 Å². The Bertz CT molecular complexity index is 584. The highest BCUT2D eigenvalue weighted by atomic mass is 35.5. The van der Waals surface area contributed by atoms with Crippen LogP contribution in [0.5, 0.6) is 11.5 Å². The maximum Gasteiger partial charge on any atom is 0.123 e. The van der Waals surface area contributed by atoms with Crippen molar-refractivity contribution in [2.75, 3.05) is 0 Å². The molecule has 0 radical (unpaired) electrons. The van der Waals surface area contributed by atoms with Crippen molar-refractivity contribution in [3.63, 3.8) is 0 Å². The summed E-state index contributed by atoms with van der Waals surface area (Å²) in [6.07, 6.45) is 1.64. The van der Waals surface area contributed by atoms with E-state index in [0.29, 0.717) is 11.6 Å². The van der Waals surface area contributed by atoms with E-state index in [9.17, 15) is 5.11 Å². The zero-order valence-corrected chi connectivity index (χ0v) is 12.8. The molecule has 0 amide bonds. The molecule has 2 rings (SSSR count). The SMILES string of the molecule is CCC(N)Cc1cc(Cl)ccc1OCc1ccc(O)cc1. The Morgan fingerprint density at radius 3 is 2.57 bits per heavy atom. The van der Waals surface area contributed by atoms with E-state index in [1.165, 1.54) is 0 Å². The third-order valence-electron chi connectivity index (χ3n) is 3.36. The van der Waals surface area contributed by atoms with E-state index in [4.69, 9.17) is 22.1 Å². The fraction of sp³-hybridized carbons (Fsp3) is 0.294. The monoisotopic (exact) mass is 305 g/mol. The molecule has 0 spiro atoms. The molecule has 4 heteroatoms. The van der Waals surface area contributed by atoms with Crippen LogP contribution >= 0.6 is 11.6 Å². The summed E-state index contributed by atoms with van der Waals surface area (Å²) < 4.78 is 5.87. The van der Waals surface area contributed by atoms with E-state index in [2.05, 4.69) is 6.92 Å². The van der Waals surface area contributed by atoms with Gasteiger partial charge in [0.2, 0.25) is 0 Å². The van der Waals surface area contributed by atoms with E-state index in [1.54, 1.807) is 12.1 Å². The van der Waals surface area contributed by atoms with Gasteiger partial charge in [0, 0.05) is 11.1 Å². The van der Waals surface area contributed by atoms with Gasteiger partial charge in [0.05, 0.1) is 0 Å². The number of rotatable bonds is 6. The molecule has 112 valence electrons. The highest BCUT2D eigenvalue weighted by Gasteiger charge is 2.09. The molecule has 0 saturated heterocycles. The number of phenols is 1.